The van der Waals surface area contributed by atoms with E-state index in [4.69, 9.17) is 10.2 Å². The van der Waals surface area contributed by atoms with Gasteiger partial charge < -0.3 is 26.4 Å². The predicted octanol–water partition coefficient (Wildman–Crippen LogP) is 1.95. The molecule has 18 heavy (non-hydrogen) atoms. The number of nitrogens with two attached hydrogens (primary N) is 2. The summed E-state index contributed by atoms with van der Waals surface area (Å²) in [5.41, 5.74) is 8.80. The van der Waals surface area contributed by atoms with Crippen LogP contribution in [0.5, 0.6) is 0 Å². The fourth-order valence-electron chi connectivity index (χ4n) is 0.166. The standard InChI is InChI=1S/C4H8O2.C4H10.2CH3NOS/c1-2-3-6-4-5;1-3-4-2;2*2-1(3)4/h4H,2-3H2,1H3;3-4H2,1-2H3;2*(H3,2,3,4). The number of carbonyl (C=O) groups is 1. The maximum atomic E-state index is 9.34. The number of carbonyl (C=O) groups excluding carboxylic acids is 1. The Morgan fingerprint density at radius 3 is 1.39 bits per heavy atom. The van der Waals surface area contributed by atoms with Crippen molar-refractivity contribution in [2.75, 3.05) is 6.61 Å². The van der Waals surface area contributed by atoms with Crippen molar-refractivity contribution in [1.82, 2.24) is 0 Å². The second-order valence-corrected chi connectivity index (χ2v) is 3.48. The first-order valence-electron chi connectivity index (χ1n) is 5.31. The maximum absolute atomic E-state index is 9.34. The molecule has 0 aromatic heterocycles. The van der Waals surface area contributed by atoms with Gasteiger partial charge in [-0.2, -0.15) is 0 Å². The topological polar surface area (TPSA) is 119 Å². The molecule has 0 rings (SSSR count). The van der Waals surface area contributed by atoms with E-state index in [1.165, 1.54) is 12.8 Å². The van der Waals surface area contributed by atoms with Crippen molar-refractivity contribution in [3.8, 4) is 0 Å². The van der Waals surface area contributed by atoms with Gasteiger partial charge in [0.25, 0.3) is 16.8 Å². The molecule has 6 nitrogen and oxygen atoms in total. The summed E-state index contributed by atoms with van der Waals surface area (Å²) >= 11 is 7.74. The molecule has 0 atom stereocenters. The Hall–Kier alpha value is -1.15. The first kappa shape index (κ1) is 25.6. The Morgan fingerprint density at radius 2 is 1.33 bits per heavy atom. The van der Waals surface area contributed by atoms with Crippen molar-refractivity contribution in [3.05, 3.63) is 0 Å². The molecule has 0 aliphatic heterocycles. The highest BCUT2D eigenvalue weighted by molar-refractivity contribution is 7.80. The van der Waals surface area contributed by atoms with Crippen LogP contribution in [0.4, 0.5) is 0 Å². The van der Waals surface area contributed by atoms with E-state index in [-0.39, 0.29) is 0 Å². The smallest absolute Gasteiger partial charge is 0.293 e. The number of ether oxygens (including phenoxy) is 1. The van der Waals surface area contributed by atoms with Crippen LogP contribution < -0.4 is 11.5 Å². The van der Waals surface area contributed by atoms with E-state index in [1.54, 1.807) is 0 Å². The van der Waals surface area contributed by atoms with Gasteiger partial charge in [0.15, 0.2) is 0 Å². The largest absolute Gasteiger partial charge is 0.487 e. The van der Waals surface area contributed by atoms with E-state index in [9.17, 15) is 4.79 Å². The molecular weight excluding hydrogens is 276 g/mol. The van der Waals surface area contributed by atoms with Gasteiger partial charge >= 0.3 is 0 Å². The fourth-order valence-corrected chi connectivity index (χ4v) is 0.166. The van der Waals surface area contributed by atoms with Gasteiger partial charge in [0.2, 0.25) is 0 Å². The second kappa shape index (κ2) is 29.7. The van der Waals surface area contributed by atoms with Crippen molar-refractivity contribution in [2.24, 2.45) is 11.5 Å². The van der Waals surface area contributed by atoms with Gasteiger partial charge in [-0.3, -0.25) is 4.79 Å². The van der Waals surface area contributed by atoms with Crippen molar-refractivity contribution in [2.45, 2.75) is 40.0 Å². The van der Waals surface area contributed by atoms with Gasteiger partial charge in [0, 0.05) is 0 Å². The first-order valence-corrected chi connectivity index (χ1v) is 6.13. The van der Waals surface area contributed by atoms with Crippen LogP contribution in [-0.4, -0.2) is 33.6 Å². The van der Waals surface area contributed by atoms with Crippen LogP contribution in [0.3, 0.4) is 0 Å². The molecule has 6 N–H and O–H groups in total. The number of thiocarbonyl (C=S) groups is 2. The summed E-state index contributed by atoms with van der Waals surface area (Å²) in [6, 6.07) is 0. The lowest BCUT2D eigenvalue weighted by Gasteiger charge is -1.86. The molecule has 0 bridgehead atoms. The molecule has 8 heteroatoms. The van der Waals surface area contributed by atoms with Crippen LogP contribution in [0.1, 0.15) is 40.0 Å². The van der Waals surface area contributed by atoms with Crippen LogP contribution >= 0.6 is 24.4 Å². The quantitative estimate of drug-likeness (QED) is 0.353. The summed E-state index contributed by atoms with van der Waals surface area (Å²) in [5.74, 6) is 0. The average molecular weight is 300 g/mol. The van der Waals surface area contributed by atoms with Crippen LogP contribution in [-0.2, 0) is 9.53 Å². The van der Waals surface area contributed by atoms with E-state index in [0.29, 0.717) is 13.1 Å². The van der Waals surface area contributed by atoms with Gasteiger partial charge in [-0.1, -0.05) is 33.6 Å². The number of aliphatic hydroxyl groups is 2. The average Bonchev–Trinajstić information content (AvgIpc) is 2.25. The molecule has 0 aromatic rings. The molecular formula is C10H24N2O4S2. The van der Waals surface area contributed by atoms with Crippen molar-refractivity contribution < 1.29 is 19.7 Å². The molecule has 0 unspecified atom stereocenters. The SMILES string of the molecule is CCCC.CCCOC=O.NC(O)=S.NC(O)=S. The lowest BCUT2D eigenvalue weighted by Crippen LogP contribution is -2.03. The normalized spacial score (nSPS) is 6.83. The van der Waals surface area contributed by atoms with Gasteiger partial charge in [-0.05, 0) is 30.9 Å². The van der Waals surface area contributed by atoms with Crippen LogP contribution in [0.15, 0.2) is 0 Å². The van der Waals surface area contributed by atoms with E-state index >= 15 is 0 Å². The minimum Gasteiger partial charge on any atom is -0.487 e. The summed E-state index contributed by atoms with van der Waals surface area (Å²) in [4.78, 5) is 9.34. The van der Waals surface area contributed by atoms with Gasteiger partial charge in [-0.25, -0.2) is 0 Å². The summed E-state index contributed by atoms with van der Waals surface area (Å²) in [6.45, 7) is 7.32. The lowest BCUT2D eigenvalue weighted by molar-refractivity contribution is -0.128. The minimum absolute atomic E-state index is 0.462. The highest BCUT2D eigenvalue weighted by Crippen LogP contribution is 1.76. The van der Waals surface area contributed by atoms with Crippen molar-refractivity contribution in [3.63, 3.8) is 0 Å². The van der Waals surface area contributed by atoms with E-state index in [0.717, 1.165) is 6.42 Å². The lowest BCUT2D eigenvalue weighted by atomic mass is 10.4. The fraction of sp³-hybridized carbons (Fsp3) is 0.700. The number of hydrogen-bond acceptors (Lipinski definition) is 4. The molecule has 0 radical (unpaired) electrons. The van der Waals surface area contributed by atoms with Crippen molar-refractivity contribution in [1.29, 1.82) is 0 Å². The number of unbranched alkanes of at least 4 members (excludes halogenated alkanes) is 1. The molecule has 0 saturated heterocycles. The summed E-state index contributed by atoms with van der Waals surface area (Å²) in [6.07, 6.45) is 3.54. The Bertz CT molecular complexity index is 171. The third kappa shape index (κ3) is 351. The molecule has 0 fully saturated rings. The highest BCUT2D eigenvalue weighted by atomic mass is 32.1. The highest BCUT2D eigenvalue weighted by Gasteiger charge is 1.71. The molecule has 0 aromatic carbocycles. The molecule has 110 valence electrons. The Labute approximate surface area is 119 Å². The third-order valence-corrected chi connectivity index (χ3v) is 0.890. The van der Waals surface area contributed by atoms with Crippen molar-refractivity contribution >= 4 is 41.3 Å². The van der Waals surface area contributed by atoms with Crippen LogP contribution in [0.2, 0.25) is 0 Å². The molecule has 0 saturated carbocycles. The van der Waals surface area contributed by atoms with E-state index in [2.05, 4.69) is 54.5 Å². The zero-order valence-corrected chi connectivity index (χ0v) is 12.7. The van der Waals surface area contributed by atoms with Gasteiger partial charge in [-0.15, -0.1) is 0 Å². The third-order valence-electron chi connectivity index (χ3n) is 0.890. The second-order valence-electron chi connectivity index (χ2n) is 2.64. The summed E-state index contributed by atoms with van der Waals surface area (Å²) in [5, 5.41) is 14.1. The molecule has 0 heterocycles. The van der Waals surface area contributed by atoms with Gasteiger partial charge in [0.1, 0.15) is 0 Å². The van der Waals surface area contributed by atoms with Crippen LogP contribution in [0, 0.1) is 0 Å². The zero-order valence-electron chi connectivity index (χ0n) is 11.1. The van der Waals surface area contributed by atoms with Gasteiger partial charge in [0.05, 0.1) is 6.61 Å². The monoisotopic (exact) mass is 300 g/mol. The summed E-state index contributed by atoms with van der Waals surface area (Å²) < 4.78 is 4.30. The number of hydrogen-bond donors (Lipinski definition) is 4. The Kier molecular flexibility index (Phi) is 42.3. The number of rotatable bonds is 4. The van der Waals surface area contributed by atoms with Crippen LogP contribution in [0.25, 0.3) is 0 Å². The Morgan fingerprint density at radius 1 is 1.06 bits per heavy atom. The molecule has 0 aliphatic rings. The first-order chi connectivity index (χ1) is 8.29. The molecule has 0 spiro atoms. The minimum atomic E-state index is -0.500. The predicted molar refractivity (Wildman–Crippen MR) is 81.7 cm³/mol. The Balaban J connectivity index is -0.0000000742. The zero-order chi connectivity index (χ0) is 15.4. The van der Waals surface area contributed by atoms with E-state index in [1.807, 2.05) is 6.92 Å². The molecule has 0 amide bonds. The van der Waals surface area contributed by atoms with E-state index < -0.39 is 10.3 Å². The number of aliphatic hydroxyl groups excluding tert-OH is 2. The summed E-state index contributed by atoms with van der Waals surface area (Å²) in [7, 11) is 0. The molecule has 0 aliphatic carbocycles. The maximum Gasteiger partial charge on any atom is 0.293 e.